The zero-order valence-electron chi connectivity index (χ0n) is 11.1. The van der Waals surface area contributed by atoms with E-state index in [0.717, 1.165) is 0 Å². The Kier molecular flexibility index (Phi) is 4.49. The Hall–Kier alpha value is -2.63. The number of carbonyl (C=O) groups is 1. The molecule has 0 aliphatic heterocycles. The van der Waals surface area contributed by atoms with E-state index < -0.39 is 0 Å². The summed E-state index contributed by atoms with van der Waals surface area (Å²) in [4.78, 5) is 27.8. The molecule has 0 unspecified atom stereocenters. The molecule has 20 heavy (non-hydrogen) atoms. The maximum atomic E-state index is 12.0. The Balaban J connectivity index is 2.08. The van der Waals surface area contributed by atoms with Crippen molar-refractivity contribution in [2.45, 2.75) is 13.5 Å². The van der Waals surface area contributed by atoms with Crippen molar-refractivity contribution in [1.29, 1.82) is 0 Å². The Morgan fingerprint density at radius 2 is 2.20 bits per heavy atom. The van der Waals surface area contributed by atoms with Crippen LogP contribution in [0.3, 0.4) is 0 Å². The van der Waals surface area contributed by atoms with Gasteiger partial charge in [-0.15, -0.1) is 0 Å². The van der Waals surface area contributed by atoms with Crippen LogP contribution in [0.15, 0.2) is 47.5 Å². The van der Waals surface area contributed by atoms with Gasteiger partial charge in [-0.25, -0.2) is 4.98 Å². The van der Waals surface area contributed by atoms with Crippen LogP contribution in [0.5, 0.6) is 5.75 Å². The van der Waals surface area contributed by atoms with Crippen molar-refractivity contribution in [1.82, 2.24) is 9.55 Å². The van der Waals surface area contributed by atoms with Crippen molar-refractivity contribution in [3.05, 3.63) is 53.1 Å². The Bertz CT molecular complexity index is 638. The lowest BCUT2D eigenvalue weighted by molar-refractivity contribution is -0.116. The first kappa shape index (κ1) is 13.8. The van der Waals surface area contributed by atoms with Gasteiger partial charge in [0.25, 0.3) is 5.56 Å². The molecule has 0 aromatic carbocycles. The van der Waals surface area contributed by atoms with Gasteiger partial charge in [-0.1, -0.05) is 6.07 Å². The van der Waals surface area contributed by atoms with E-state index in [4.69, 9.17) is 4.74 Å². The number of hydrogen-bond acceptors (Lipinski definition) is 4. The van der Waals surface area contributed by atoms with Gasteiger partial charge in [0, 0.05) is 12.4 Å². The fourth-order valence-electron chi connectivity index (χ4n) is 1.68. The van der Waals surface area contributed by atoms with Gasteiger partial charge in [-0.3, -0.25) is 9.59 Å². The van der Waals surface area contributed by atoms with Crippen molar-refractivity contribution in [3.63, 3.8) is 0 Å². The molecule has 0 atom stereocenters. The lowest BCUT2D eigenvalue weighted by Gasteiger charge is -2.08. The number of nitrogens with zero attached hydrogens (tertiary/aromatic N) is 2. The van der Waals surface area contributed by atoms with Gasteiger partial charge in [-0.05, 0) is 31.2 Å². The number of nitrogens with one attached hydrogen (secondary N) is 1. The third kappa shape index (κ3) is 3.44. The second-order valence-corrected chi connectivity index (χ2v) is 4.00. The molecule has 2 heterocycles. The summed E-state index contributed by atoms with van der Waals surface area (Å²) in [6.45, 7) is 2.11. The minimum Gasteiger partial charge on any atom is -0.488 e. The molecule has 1 amide bonds. The number of carbonyl (C=O) groups excluding carboxylic acids is 1. The topological polar surface area (TPSA) is 73.2 Å². The number of rotatable bonds is 5. The highest BCUT2D eigenvalue weighted by Crippen LogP contribution is 2.03. The molecule has 0 saturated carbocycles. The average Bonchev–Trinajstić information content (AvgIpc) is 2.44. The van der Waals surface area contributed by atoms with E-state index >= 15 is 0 Å². The summed E-state index contributed by atoms with van der Waals surface area (Å²) >= 11 is 0. The van der Waals surface area contributed by atoms with Crippen LogP contribution < -0.4 is 15.6 Å². The van der Waals surface area contributed by atoms with Crippen LogP contribution in [-0.4, -0.2) is 22.1 Å². The van der Waals surface area contributed by atoms with Gasteiger partial charge < -0.3 is 14.6 Å². The van der Waals surface area contributed by atoms with Crippen molar-refractivity contribution in [3.8, 4) is 5.75 Å². The molecule has 104 valence electrons. The molecule has 1 N–H and O–H groups in total. The molecule has 0 bridgehead atoms. The summed E-state index contributed by atoms with van der Waals surface area (Å²) in [7, 11) is 0. The second kappa shape index (κ2) is 6.51. The summed E-state index contributed by atoms with van der Waals surface area (Å²) in [6.07, 6.45) is 3.13. The monoisotopic (exact) mass is 273 g/mol. The molecular weight excluding hydrogens is 258 g/mol. The van der Waals surface area contributed by atoms with Gasteiger partial charge in [0.15, 0.2) is 5.75 Å². The normalized spacial score (nSPS) is 10.1. The average molecular weight is 273 g/mol. The maximum absolute atomic E-state index is 12.0. The zero-order valence-corrected chi connectivity index (χ0v) is 11.1. The first-order valence-corrected chi connectivity index (χ1v) is 6.24. The smallest absolute Gasteiger partial charge is 0.293 e. The lowest BCUT2D eigenvalue weighted by Crippen LogP contribution is -2.28. The van der Waals surface area contributed by atoms with Crippen LogP contribution in [0.4, 0.5) is 5.82 Å². The van der Waals surface area contributed by atoms with Gasteiger partial charge in [0.1, 0.15) is 12.4 Å². The predicted molar refractivity (Wildman–Crippen MR) is 74.7 cm³/mol. The van der Waals surface area contributed by atoms with Crippen molar-refractivity contribution >= 4 is 11.7 Å². The van der Waals surface area contributed by atoms with Crippen molar-refractivity contribution in [2.75, 3.05) is 11.9 Å². The Labute approximate surface area is 116 Å². The van der Waals surface area contributed by atoms with E-state index in [1.807, 2.05) is 0 Å². The summed E-state index contributed by atoms with van der Waals surface area (Å²) in [5.41, 5.74) is -0.328. The molecule has 0 saturated heterocycles. The minimum absolute atomic E-state index is 0.0870. The van der Waals surface area contributed by atoms with E-state index in [9.17, 15) is 9.59 Å². The van der Waals surface area contributed by atoms with Gasteiger partial charge in [0.05, 0.1) is 6.61 Å². The third-order valence-corrected chi connectivity index (χ3v) is 2.53. The molecule has 0 fully saturated rings. The summed E-state index contributed by atoms with van der Waals surface area (Å²) < 4.78 is 6.49. The third-order valence-electron chi connectivity index (χ3n) is 2.53. The van der Waals surface area contributed by atoms with E-state index in [2.05, 4.69) is 10.3 Å². The van der Waals surface area contributed by atoms with Gasteiger partial charge in [0.2, 0.25) is 5.91 Å². The highest BCUT2D eigenvalue weighted by Gasteiger charge is 2.08. The first-order valence-electron chi connectivity index (χ1n) is 6.24. The molecule has 2 aromatic heterocycles. The number of anilines is 1. The quantitative estimate of drug-likeness (QED) is 0.890. The molecule has 6 nitrogen and oxygen atoms in total. The van der Waals surface area contributed by atoms with E-state index in [-0.39, 0.29) is 23.8 Å². The summed E-state index contributed by atoms with van der Waals surface area (Å²) in [6, 6.07) is 8.45. The van der Waals surface area contributed by atoms with Crippen molar-refractivity contribution < 1.29 is 9.53 Å². The standard InChI is InChI=1S/C14H15N3O3/c1-2-20-11-6-5-9-17(14(11)19)10-13(18)16-12-7-3-4-8-15-12/h3-9H,2,10H2,1H3,(H,15,16,18). The molecule has 0 aliphatic rings. The van der Waals surface area contributed by atoms with Crippen LogP contribution in [0, 0.1) is 0 Å². The predicted octanol–water partition coefficient (Wildman–Crippen LogP) is 1.28. The second-order valence-electron chi connectivity index (χ2n) is 4.00. The van der Waals surface area contributed by atoms with Gasteiger partial charge in [-0.2, -0.15) is 0 Å². The molecule has 2 rings (SSSR count). The Morgan fingerprint density at radius 1 is 1.35 bits per heavy atom. The van der Waals surface area contributed by atoms with E-state index in [0.29, 0.717) is 12.4 Å². The number of amides is 1. The largest absolute Gasteiger partial charge is 0.488 e. The van der Waals surface area contributed by atoms with Crippen LogP contribution in [0.25, 0.3) is 0 Å². The highest BCUT2D eigenvalue weighted by atomic mass is 16.5. The number of ether oxygens (including phenoxy) is 1. The lowest BCUT2D eigenvalue weighted by atomic mass is 10.4. The zero-order chi connectivity index (χ0) is 14.4. The summed E-state index contributed by atoms with van der Waals surface area (Å²) in [5, 5.41) is 2.62. The fourth-order valence-corrected chi connectivity index (χ4v) is 1.68. The van der Waals surface area contributed by atoms with Crippen LogP contribution in [0.2, 0.25) is 0 Å². The fraction of sp³-hybridized carbons (Fsp3) is 0.214. The van der Waals surface area contributed by atoms with Gasteiger partial charge >= 0.3 is 0 Å². The van der Waals surface area contributed by atoms with Crippen LogP contribution in [-0.2, 0) is 11.3 Å². The molecule has 0 aliphatic carbocycles. The van der Waals surface area contributed by atoms with E-state index in [1.54, 1.807) is 49.6 Å². The number of aromatic nitrogens is 2. The van der Waals surface area contributed by atoms with Crippen molar-refractivity contribution in [2.24, 2.45) is 0 Å². The Morgan fingerprint density at radius 3 is 2.90 bits per heavy atom. The molecular formula is C14H15N3O3. The van der Waals surface area contributed by atoms with Crippen LogP contribution in [0.1, 0.15) is 6.92 Å². The number of hydrogen-bond donors (Lipinski definition) is 1. The van der Waals surface area contributed by atoms with E-state index in [1.165, 1.54) is 4.57 Å². The minimum atomic E-state index is -0.328. The highest BCUT2D eigenvalue weighted by molar-refractivity contribution is 5.89. The van der Waals surface area contributed by atoms with Crippen LogP contribution >= 0.6 is 0 Å². The first-order chi connectivity index (χ1) is 9.70. The number of pyridine rings is 2. The molecule has 2 aromatic rings. The molecule has 6 heteroatoms. The SMILES string of the molecule is CCOc1cccn(CC(=O)Nc2ccccn2)c1=O. The maximum Gasteiger partial charge on any atom is 0.293 e. The summed E-state index contributed by atoms with van der Waals surface area (Å²) in [5.74, 6) is 0.367. The molecule has 0 spiro atoms. The molecule has 0 radical (unpaired) electrons.